The number of fused-ring (bicyclic) bond motifs is 1. The summed E-state index contributed by atoms with van der Waals surface area (Å²) in [5.74, 6) is -0.00316. The lowest BCUT2D eigenvalue weighted by molar-refractivity contribution is -0.148. The van der Waals surface area contributed by atoms with Crippen LogP contribution in [0.5, 0.6) is 5.75 Å². The van der Waals surface area contributed by atoms with E-state index >= 15 is 0 Å². The Hall–Kier alpha value is -1.26. The molecule has 3 rings (SSSR count). The third-order valence-corrected chi connectivity index (χ3v) is 3.77. The van der Waals surface area contributed by atoms with Crippen LogP contribution in [-0.4, -0.2) is 41.7 Å². The van der Waals surface area contributed by atoms with Crippen LogP contribution >= 0.6 is 11.6 Å². The first-order chi connectivity index (χ1) is 8.61. The van der Waals surface area contributed by atoms with E-state index in [-0.39, 0.29) is 12.0 Å². The second kappa shape index (κ2) is 4.44. The highest BCUT2D eigenvalue weighted by atomic mass is 35.5. The van der Waals surface area contributed by atoms with Crippen LogP contribution in [0.15, 0.2) is 18.2 Å². The van der Waals surface area contributed by atoms with Crippen LogP contribution in [0.3, 0.4) is 0 Å². The number of nitrogens with zero attached hydrogens (tertiary/aromatic N) is 1. The molecule has 1 unspecified atom stereocenters. The minimum Gasteiger partial charge on any atom is -0.488 e. The van der Waals surface area contributed by atoms with Crippen molar-refractivity contribution in [1.82, 2.24) is 4.90 Å². The van der Waals surface area contributed by atoms with Crippen molar-refractivity contribution in [2.24, 2.45) is 5.92 Å². The van der Waals surface area contributed by atoms with Crippen LogP contribution in [0, 0.1) is 5.92 Å². The molecular formula is C13H14ClNO3. The smallest absolute Gasteiger partial charge is 0.309 e. The number of benzene rings is 1. The number of carbonyl (C=O) groups is 1. The summed E-state index contributed by atoms with van der Waals surface area (Å²) in [5.41, 5.74) is 1.14. The monoisotopic (exact) mass is 267 g/mol. The van der Waals surface area contributed by atoms with Gasteiger partial charge in [0.25, 0.3) is 0 Å². The zero-order valence-electron chi connectivity index (χ0n) is 9.80. The summed E-state index contributed by atoms with van der Waals surface area (Å²) in [5, 5.41) is 9.54. The van der Waals surface area contributed by atoms with Crippen molar-refractivity contribution in [3.05, 3.63) is 28.8 Å². The van der Waals surface area contributed by atoms with E-state index in [1.807, 2.05) is 18.2 Å². The maximum absolute atomic E-state index is 10.7. The Bertz CT molecular complexity index is 485. The lowest BCUT2D eigenvalue weighted by Gasteiger charge is -2.37. The number of carboxylic acid groups (broad SMARTS) is 1. The predicted octanol–water partition coefficient (Wildman–Crippen LogP) is 1.66. The molecule has 2 aliphatic rings. The number of carboxylic acids is 1. The van der Waals surface area contributed by atoms with Crippen molar-refractivity contribution >= 4 is 17.6 Å². The third kappa shape index (κ3) is 2.18. The van der Waals surface area contributed by atoms with E-state index in [1.165, 1.54) is 0 Å². The minimum atomic E-state index is -0.700. The number of halogens is 1. The fourth-order valence-corrected chi connectivity index (χ4v) is 2.75. The number of rotatable bonds is 3. The van der Waals surface area contributed by atoms with Crippen LogP contribution in [0.2, 0.25) is 5.02 Å². The van der Waals surface area contributed by atoms with Crippen LogP contribution in [0.25, 0.3) is 0 Å². The summed E-state index contributed by atoms with van der Waals surface area (Å²) in [6.45, 7) is 2.05. The molecular weight excluding hydrogens is 254 g/mol. The Labute approximate surface area is 110 Å². The molecule has 18 heavy (non-hydrogen) atoms. The Balaban J connectivity index is 1.54. The number of hydrogen-bond acceptors (Lipinski definition) is 3. The molecule has 96 valence electrons. The van der Waals surface area contributed by atoms with Gasteiger partial charge in [0.05, 0.1) is 5.92 Å². The Morgan fingerprint density at radius 2 is 2.28 bits per heavy atom. The summed E-state index contributed by atoms with van der Waals surface area (Å²) in [4.78, 5) is 12.8. The summed E-state index contributed by atoms with van der Waals surface area (Å²) in [7, 11) is 0. The first-order valence-corrected chi connectivity index (χ1v) is 6.40. The molecule has 4 nitrogen and oxygen atoms in total. The number of aliphatic carboxylic acids is 1. The molecule has 1 N–H and O–H groups in total. The average molecular weight is 268 g/mol. The van der Waals surface area contributed by atoms with E-state index in [0.717, 1.165) is 29.3 Å². The topological polar surface area (TPSA) is 49.8 Å². The van der Waals surface area contributed by atoms with Gasteiger partial charge in [0.2, 0.25) is 0 Å². The van der Waals surface area contributed by atoms with Gasteiger partial charge in [0.15, 0.2) is 0 Å². The molecule has 1 aromatic rings. The number of likely N-dealkylation sites (tertiary alicyclic amines) is 1. The zero-order valence-corrected chi connectivity index (χ0v) is 10.6. The second-order valence-electron chi connectivity index (χ2n) is 4.95. The highest BCUT2D eigenvalue weighted by molar-refractivity contribution is 6.30. The second-order valence-corrected chi connectivity index (χ2v) is 5.39. The number of ether oxygens (including phenoxy) is 1. The van der Waals surface area contributed by atoms with E-state index in [0.29, 0.717) is 13.1 Å². The Kier molecular flexibility index (Phi) is 2.92. The lowest BCUT2D eigenvalue weighted by atomic mass is 9.99. The van der Waals surface area contributed by atoms with Crippen LogP contribution in [-0.2, 0) is 11.2 Å². The van der Waals surface area contributed by atoms with E-state index in [9.17, 15) is 4.79 Å². The average Bonchev–Trinajstić information content (AvgIpc) is 2.63. The maximum Gasteiger partial charge on any atom is 0.309 e. The van der Waals surface area contributed by atoms with Gasteiger partial charge in [0.1, 0.15) is 11.9 Å². The summed E-state index contributed by atoms with van der Waals surface area (Å²) in [6, 6.07) is 5.66. The normalized spacial score (nSPS) is 23.3. The van der Waals surface area contributed by atoms with Gasteiger partial charge in [-0.1, -0.05) is 11.6 Å². The fourth-order valence-electron chi connectivity index (χ4n) is 2.55. The highest BCUT2D eigenvalue weighted by Gasteiger charge is 2.35. The van der Waals surface area contributed by atoms with Crippen LogP contribution in [0.4, 0.5) is 0 Å². The predicted molar refractivity (Wildman–Crippen MR) is 67.1 cm³/mol. The van der Waals surface area contributed by atoms with E-state index in [1.54, 1.807) is 0 Å². The minimum absolute atomic E-state index is 0.119. The van der Waals surface area contributed by atoms with Crippen molar-refractivity contribution in [3.8, 4) is 5.75 Å². The van der Waals surface area contributed by atoms with Crippen molar-refractivity contribution in [2.75, 3.05) is 19.6 Å². The van der Waals surface area contributed by atoms with Gasteiger partial charge in [-0.15, -0.1) is 0 Å². The van der Waals surface area contributed by atoms with Gasteiger partial charge in [-0.05, 0) is 23.8 Å². The van der Waals surface area contributed by atoms with Gasteiger partial charge >= 0.3 is 5.97 Å². The SMILES string of the molecule is O=C(O)C1CN(CC2Cc3cc(Cl)ccc3O2)C1. The molecule has 0 bridgehead atoms. The van der Waals surface area contributed by atoms with Crippen LogP contribution < -0.4 is 4.74 Å². The maximum atomic E-state index is 10.7. The van der Waals surface area contributed by atoms with E-state index < -0.39 is 5.97 Å². The van der Waals surface area contributed by atoms with Gasteiger partial charge < -0.3 is 9.84 Å². The molecule has 0 radical (unpaired) electrons. The quantitative estimate of drug-likeness (QED) is 0.905. The fraction of sp³-hybridized carbons (Fsp3) is 0.462. The van der Waals surface area contributed by atoms with Crippen molar-refractivity contribution in [1.29, 1.82) is 0 Å². The van der Waals surface area contributed by atoms with Gasteiger partial charge in [-0.2, -0.15) is 0 Å². The lowest BCUT2D eigenvalue weighted by Crippen LogP contribution is -2.53. The molecule has 1 fully saturated rings. The zero-order chi connectivity index (χ0) is 12.7. The molecule has 0 aromatic heterocycles. The third-order valence-electron chi connectivity index (χ3n) is 3.53. The summed E-state index contributed by atoms with van der Waals surface area (Å²) < 4.78 is 5.82. The Morgan fingerprint density at radius 1 is 1.50 bits per heavy atom. The van der Waals surface area contributed by atoms with E-state index in [4.69, 9.17) is 21.4 Å². The molecule has 0 spiro atoms. The molecule has 0 amide bonds. The standard InChI is InChI=1S/C13H14ClNO3/c14-10-1-2-12-8(3-10)4-11(18-12)7-15-5-9(6-15)13(16)17/h1-3,9,11H,4-7H2,(H,16,17). The Morgan fingerprint density at radius 3 is 3.00 bits per heavy atom. The summed E-state index contributed by atoms with van der Waals surface area (Å²) in [6.07, 6.45) is 0.970. The molecule has 1 atom stereocenters. The highest BCUT2D eigenvalue weighted by Crippen LogP contribution is 2.32. The molecule has 1 aromatic carbocycles. The van der Waals surface area contributed by atoms with Gasteiger partial charge in [-0.3, -0.25) is 9.69 Å². The van der Waals surface area contributed by atoms with Crippen molar-refractivity contribution in [2.45, 2.75) is 12.5 Å². The van der Waals surface area contributed by atoms with Crippen molar-refractivity contribution < 1.29 is 14.6 Å². The molecule has 2 aliphatic heterocycles. The van der Waals surface area contributed by atoms with E-state index in [2.05, 4.69) is 4.90 Å². The first-order valence-electron chi connectivity index (χ1n) is 6.02. The van der Waals surface area contributed by atoms with Crippen LogP contribution in [0.1, 0.15) is 5.56 Å². The van der Waals surface area contributed by atoms with Crippen molar-refractivity contribution in [3.63, 3.8) is 0 Å². The molecule has 1 saturated heterocycles. The van der Waals surface area contributed by atoms with Gasteiger partial charge in [-0.25, -0.2) is 0 Å². The van der Waals surface area contributed by atoms with Gasteiger partial charge in [0, 0.05) is 31.1 Å². The largest absolute Gasteiger partial charge is 0.488 e. The summed E-state index contributed by atoms with van der Waals surface area (Å²) >= 11 is 5.94. The first kappa shape index (κ1) is 11.8. The molecule has 2 heterocycles. The molecule has 0 aliphatic carbocycles. The molecule has 0 saturated carbocycles. The number of hydrogen-bond donors (Lipinski definition) is 1. The molecule has 5 heteroatoms.